The molecule has 12 heteroatoms. The van der Waals surface area contributed by atoms with Gasteiger partial charge in [0.05, 0.1) is 14.2 Å². The first-order valence-corrected chi connectivity index (χ1v) is 10.5. The number of methoxy groups -OCH3 is 2. The maximum absolute atomic E-state index is 12.3. The summed E-state index contributed by atoms with van der Waals surface area (Å²) in [6, 6.07) is -2.11. The molecule has 2 amide bonds. The zero-order valence-corrected chi connectivity index (χ0v) is 18.9. The summed E-state index contributed by atoms with van der Waals surface area (Å²) < 4.78 is 14.1. The summed E-state index contributed by atoms with van der Waals surface area (Å²) in [5.41, 5.74) is -0.790. The van der Waals surface area contributed by atoms with Crippen LogP contribution in [0, 0.1) is 0 Å². The topological polar surface area (TPSA) is 155 Å². The Labute approximate surface area is 180 Å². The minimum absolute atomic E-state index is 0.118. The van der Waals surface area contributed by atoms with E-state index in [-0.39, 0.29) is 25.1 Å². The molecule has 0 rings (SSSR count). The minimum atomic E-state index is -1.22. The SMILES string of the molecule is COC(=O)CNC(=O)[C@H](CSC)NC(=O)CC[C@@H](N=C([O-])OC(C)(C)C)C(=O)OC. The van der Waals surface area contributed by atoms with Gasteiger partial charge in [-0.3, -0.25) is 19.4 Å². The highest BCUT2D eigenvalue weighted by Gasteiger charge is 2.24. The third kappa shape index (κ3) is 12.1. The molecular weight excluding hydrogens is 418 g/mol. The zero-order valence-electron chi connectivity index (χ0n) is 18.1. The number of hydrogen-bond donors (Lipinski definition) is 2. The third-order valence-electron chi connectivity index (χ3n) is 3.39. The Morgan fingerprint density at radius 1 is 1.13 bits per heavy atom. The number of hydrogen-bond acceptors (Lipinski definition) is 10. The van der Waals surface area contributed by atoms with E-state index >= 15 is 0 Å². The van der Waals surface area contributed by atoms with Crippen molar-refractivity contribution >= 4 is 41.6 Å². The Balaban J connectivity index is 4.94. The van der Waals surface area contributed by atoms with Gasteiger partial charge in [0.1, 0.15) is 24.7 Å². The van der Waals surface area contributed by atoms with Crippen LogP contribution in [0.25, 0.3) is 0 Å². The van der Waals surface area contributed by atoms with Crippen LogP contribution in [0.5, 0.6) is 0 Å². The highest BCUT2D eigenvalue weighted by atomic mass is 32.2. The molecule has 0 aromatic rings. The number of esters is 2. The van der Waals surface area contributed by atoms with Gasteiger partial charge >= 0.3 is 11.9 Å². The van der Waals surface area contributed by atoms with Crippen LogP contribution in [0.1, 0.15) is 33.6 Å². The zero-order chi connectivity index (χ0) is 23.3. The van der Waals surface area contributed by atoms with E-state index in [9.17, 15) is 24.3 Å². The lowest BCUT2D eigenvalue weighted by Gasteiger charge is -2.30. The Kier molecular flexibility index (Phi) is 12.5. The summed E-state index contributed by atoms with van der Waals surface area (Å²) in [6.45, 7) is 4.63. The second-order valence-electron chi connectivity index (χ2n) is 7.06. The molecule has 2 atom stereocenters. The number of nitrogens with zero attached hydrogens (tertiary/aromatic N) is 1. The average Bonchev–Trinajstić information content (AvgIpc) is 2.66. The van der Waals surface area contributed by atoms with Crippen LogP contribution in [0.15, 0.2) is 4.99 Å². The lowest BCUT2D eigenvalue weighted by Crippen LogP contribution is -2.49. The Morgan fingerprint density at radius 3 is 2.27 bits per heavy atom. The summed E-state index contributed by atoms with van der Waals surface area (Å²) in [5, 5.41) is 16.7. The van der Waals surface area contributed by atoms with Gasteiger partial charge in [-0.1, -0.05) is 20.8 Å². The molecule has 0 radical (unpaired) electrons. The molecule has 0 saturated heterocycles. The van der Waals surface area contributed by atoms with Gasteiger partial charge in [-0.2, -0.15) is 11.8 Å². The predicted octanol–water partition coefficient (Wildman–Crippen LogP) is -1.02. The summed E-state index contributed by atoms with van der Waals surface area (Å²) in [5.74, 6) is -2.23. The van der Waals surface area contributed by atoms with E-state index in [1.165, 1.54) is 18.9 Å². The van der Waals surface area contributed by atoms with Crippen LogP contribution in [0.3, 0.4) is 0 Å². The van der Waals surface area contributed by atoms with Crippen LogP contribution in [-0.2, 0) is 33.4 Å². The number of ether oxygens (including phenoxy) is 3. The van der Waals surface area contributed by atoms with Crippen LogP contribution >= 0.6 is 11.8 Å². The normalized spacial score (nSPS) is 13.6. The molecule has 172 valence electrons. The molecule has 0 aromatic heterocycles. The van der Waals surface area contributed by atoms with Gasteiger partial charge in [0.2, 0.25) is 11.8 Å². The first kappa shape index (κ1) is 27.5. The lowest BCUT2D eigenvalue weighted by molar-refractivity contribution is -0.261. The first-order chi connectivity index (χ1) is 13.9. The molecule has 0 fully saturated rings. The number of carbonyl (C=O) groups is 4. The fourth-order valence-electron chi connectivity index (χ4n) is 2.03. The summed E-state index contributed by atoms with van der Waals surface area (Å²) >= 11 is 1.32. The van der Waals surface area contributed by atoms with Gasteiger partial charge in [0, 0.05) is 17.8 Å². The average molecular weight is 449 g/mol. The fourth-order valence-corrected chi connectivity index (χ4v) is 2.59. The Morgan fingerprint density at radius 2 is 1.77 bits per heavy atom. The maximum Gasteiger partial charge on any atom is 0.330 e. The second-order valence-corrected chi connectivity index (χ2v) is 7.97. The quantitative estimate of drug-likeness (QED) is 0.229. The van der Waals surface area contributed by atoms with E-state index in [2.05, 4.69) is 25.1 Å². The molecule has 0 spiro atoms. The molecule has 0 saturated carbocycles. The van der Waals surface area contributed by atoms with Gasteiger partial charge in [-0.25, -0.2) is 4.79 Å². The van der Waals surface area contributed by atoms with Crippen molar-refractivity contribution in [2.45, 2.75) is 51.3 Å². The second kappa shape index (κ2) is 13.7. The standard InChI is InChI=1S/C18H31N3O8S/c1-18(2,3)29-17(26)21-11(16(25)28-5)7-8-13(22)20-12(10-30-6)15(24)19-9-14(23)27-4/h11-12H,7-10H2,1-6H3,(H,19,24)(H,20,22)(H,21,26)/p-1/t11-,12+/m1/s1. The van der Waals surface area contributed by atoms with E-state index in [0.29, 0.717) is 0 Å². The highest BCUT2D eigenvalue weighted by molar-refractivity contribution is 7.98. The predicted molar refractivity (Wildman–Crippen MR) is 109 cm³/mol. The summed E-state index contributed by atoms with van der Waals surface area (Å²) in [6.07, 6.45) is 0.495. The number of amides is 2. The number of thioether (sulfide) groups is 1. The maximum atomic E-state index is 12.3. The molecular formula is C18H30N3O8S-. The van der Waals surface area contributed by atoms with E-state index in [0.717, 1.165) is 7.11 Å². The van der Waals surface area contributed by atoms with Crippen molar-refractivity contribution in [1.82, 2.24) is 10.6 Å². The molecule has 0 bridgehead atoms. The van der Waals surface area contributed by atoms with Gasteiger partial charge in [-0.05, 0) is 12.7 Å². The molecule has 0 aliphatic carbocycles. The van der Waals surface area contributed by atoms with Crippen LogP contribution in [-0.4, -0.2) is 80.3 Å². The van der Waals surface area contributed by atoms with E-state index in [1.54, 1.807) is 27.0 Å². The van der Waals surface area contributed by atoms with E-state index in [1.807, 2.05) is 0 Å². The van der Waals surface area contributed by atoms with Crippen LogP contribution in [0.2, 0.25) is 0 Å². The van der Waals surface area contributed by atoms with Crippen molar-refractivity contribution < 1.29 is 38.5 Å². The number of rotatable bonds is 11. The number of aliphatic imine (C=N–C) groups is 1. The molecule has 30 heavy (non-hydrogen) atoms. The van der Waals surface area contributed by atoms with Crippen LogP contribution in [0.4, 0.5) is 0 Å². The molecule has 0 heterocycles. The largest absolute Gasteiger partial charge is 0.595 e. The van der Waals surface area contributed by atoms with E-state index < -0.39 is 47.5 Å². The van der Waals surface area contributed by atoms with Gasteiger partial charge < -0.3 is 30.0 Å². The summed E-state index contributed by atoms with van der Waals surface area (Å²) in [4.78, 5) is 51.1. The first-order valence-electron chi connectivity index (χ1n) is 9.08. The van der Waals surface area contributed by atoms with Crippen molar-refractivity contribution in [3.63, 3.8) is 0 Å². The lowest BCUT2D eigenvalue weighted by atomic mass is 10.1. The van der Waals surface area contributed by atoms with Gasteiger partial charge in [0.15, 0.2) is 0 Å². The van der Waals surface area contributed by atoms with Crippen molar-refractivity contribution in [1.29, 1.82) is 0 Å². The van der Waals surface area contributed by atoms with Gasteiger partial charge in [0.25, 0.3) is 0 Å². The number of nitrogens with one attached hydrogen (secondary N) is 2. The minimum Gasteiger partial charge on any atom is -0.595 e. The molecule has 0 aromatic carbocycles. The molecule has 0 unspecified atom stereocenters. The van der Waals surface area contributed by atoms with E-state index in [4.69, 9.17) is 4.74 Å². The van der Waals surface area contributed by atoms with Crippen molar-refractivity contribution in [2.24, 2.45) is 4.99 Å². The molecule has 2 N–H and O–H groups in total. The van der Waals surface area contributed by atoms with Crippen molar-refractivity contribution in [3.05, 3.63) is 0 Å². The van der Waals surface area contributed by atoms with Crippen molar-refractivity contribution in [3.8, 4) is 0 Å². The van der Waals surface area contributed by atoms with Gasteiger partial charge in [-0.15, -0.1) is 0 Å². The monoisotopic (exact) mass is 448 g/mol. The fraction of sp³-hybridized carbons (Fsp3) is 0.722. The third-order valence-corrected chi connectivity index (χ3v) is 4.06. The van der Waals surface area contributed by atoms with Crippen molar-refractivity contribution in [2.75, 3.05) is 32.8 Å². The Bertz CT molecular complexity index is 633. The molecule has 11 nitrogen and oxygen atoms in total. The summed E-state index contributed by atoms with van der Waals surface area (Å²) in [7, 11) is 2.33. The molecule has 0 aliphatic rings. The molecule has 0 aliphatic heterocycles. The highest BCUT2D eigenvalue weighted by Crippen LogP contribution is 2.10. The smallest absolute Gasteiger partial charge is 0.330 e. The Hall–Kier alpha value is -2.50. The van der Waals surface area contributed by atoms with Crippen LogP contribution < -0.4 is 15.7 Å². The number of carbonyl (C=O) groups excluding carboxylic acids is 4.